The maximum atomic E-state index is 12.9. The van der Waals surface area contributed by atoms with E-state index >= 15 is 0 Å². The molecule has 0 saturated carbocycles. The summed E-state index contributed by atoms with van der Waals surface area (Å²) in [5.74, 6) is 1.00. The Hall–Kier alpha value is -3.22. The molecule has 7 heteroatoms. The van der Waals surface area contributed by atoms with Crippen molar-refractivity contribution in [1.29, 1.82) is 0 Å². The number of hydrogen-bond acceptors (Lipinski definition) is 5. The van der Waals surface area contributed by atoms with Crippen LogP contribution in [0.2, 0.25) is 0 Å². The Bertz CT molecular complexity index is 897. The minimum atomic E-state index is -0.325. The minimum absolute atomic E-state index is 0.181. The number of likely N-dealkylation sites (tertiary alicyclic amines) is 1. The van der Waals surface area contributed by atoms with Gasteiger partial charge in [0.25, 0.3) is 5.91 Å². The second kappa shape index (κ2) is 9.32. The van der Waals surface area contributed by atoms with E-state index in [0.29, 0.717) is 41.5 Å². The van der Waals surface area contributed by atoms with E-state index in [1.807, 2.05) is 29.2 Å². The Labute approximate surface area is 170 Å². The predicted octanol–water partition coefficient (Wildman–Crippen LogP) is 3.48. The van der Waals surface area contributed by atoms with Gasteiger partial charge in [0.1, 0.15) is 0 Å². The number of methoxy groups -OCH3 is 3. The molecule has 0 bridgehead atoms. The number of anilines is 1. The maximum absolute atomic E-state index is 12.9. The van der Waals surface area contributed by atoms with Gasteiger partial charge in [-0.3, -0.25) is 9.59 Å². The first-order valence-corrected chi connectivity index (χ1v) is 9.54. The second-order valence-corrected chi connectivity index (χ2v) is 6.81. The lowest BCUT2D eigenvalue weighted by molar-refractivity contribution is -0.133. The first-order chi connectivity index (χ1) is 14.1. The summed E-state index contributed by atoms with van der Waals surface area (Å²) < 4.78 is 16.0. The number of ether oxygens (including phenoxy) is 3. The molecule has 2 aromatic carbocycles. The van der Waals surface area contributed by atoms with E-state index in [2.05, 4.69) is 5.32 Å². The van der Waals surface area contributed by atoms with Crippen molar-refractivity contribution in [3.63, 3.8) is 0 Å². The molecule has 1 saturated heterocycles. The molecule has 1 heterocycles. The molecular weight excluding hydrogens is 372 g/mol. The van der Waals surface area contributed by atoms with Crippen molar-refractivity contribution in [2.45, 2.75) is 25.8 Å². The standard InChI is InChI=1S/C22H26N2O5/c1-27-18-11-10-17(20(28-2)21(18)29-3)22(26)23-16-8-6-7-15(13-16)14-24-12-5-4-9-19(24)25/h6-8,10-11,13H,4-5,9,12,14H2,1-3H3,(H,23,26). The van der Waals surface area contributed by atoms with Crippen LogP contribution in [-0.2, 0) is 11.3 Å². The molecule has 1 aliphatic rings. The monoisotopic (exact) mass is 398 g/mol. The van der Waals surface area contributed by atoms with E-state index in [9.17, 15) is 9.59 Å². The van der Waals surface area contributed by atoms with Crippen molar-refractivity contribution >= 4 is 17.5 Å². The molecule has 0 aliphatic carbocycles. The summed E-state index contributed by atoms with van der Waals surface area (Å²) in [6.07, 6.45) is 2.59. The fourth-order valence-electron chi connectivity index (χ4n) is 3.48. The molecule has 1 fully saturated rings. The Morgan fingerprint density at radius 2 is 1.83 bits per heavy atom. The molecule has 2 aromatic rings. The Balaban J connectivity index is 1.78. The number of piperidine rings is 1. The summed E-state index contributed by atoms with van der Waals surface area (Å²) >= 11 is 0. The van der Waals surface area contributed by atoms with Crippen LogP contribution in [0.25, 0.3) is 0 Å². The second-order valence-electron chi connectivity index (χ2n) is 6.81. The van der Waals surface area contributed by atoms with Gasteiger partial charge in [-0.05, 0) is 42.7 Å². The third kappa shape index (κ3) is 4.62. The minimum Gasteiger partial charge on any atom is -0.493 e. The number of hydrogen-bond donors (Lipinski definition) is 1. The zero-order valence-corrected chi connectivity index (χ0v) is 17.0. The van der Waals surface area contributed by atoms with Crippen LogP contribution in [-0.4, -0.2) is 44.6 Å². The van der Waals surface area contributed by atoms with Crippen LogP contribution < -0.4 is 19.5 Å². The highest BCUT2D eigenvalue weighted by molar-refractivity contribution is 6.07. The lowest BCUT2D eigenvalue weighted by atomic mass is 10.1. The summed E-state index contributed by atoms with van der Waals surface area (Å²) in [6, 6.07) is 10.8. The first kappa shape index (κ1) is 20.5. The van der Waals surface area contributed by atoms with Crippen LogP contribution in [0.15, 0.2) is 36.4 Å². The summed E-state index contributed by atoms with van der Waals surface area (Å²) in [5.41, 5.74) is 1.95. The number of carbonyl (C=O) groups excluding carboxylic acids is 2. The van der Waals surface area contributed by atoms with Gasteiger partial charge in [0.05, 0.1) is 26.9 Å². The summed E-state index contributed by atoms with van der Waals surface area (Å²) in [7, 11) is 4.49. The molecule has 0 spiro atoms. The molecule has 0 aromatic heterocycles. The maximum Gasteiger partial charge on any atom is 0.259 e. The lowest BCUT2D eigenvalue weighted by Gasteiger charge is -2.26. The highest BCUT2D eigenvalue weighted by atomic mass is 16.5. The molecule has 0 unspecified atom stereocenters. The zero-order chi connectivity index (χ0) is 20.8. The summed E-state index contributed by atoms with van der Waals surface area (Å²) in [4.78, 5) is 26.8. The number of benzene rings is 2. The third-order valence-corrected chi connectivity index (χ3v) is 4.93. The highest BCUT2D eigenvalue weighted by Gasteiger charge is 2.21. The van der Waals surface area contributed by atoms with E-state index in [0.717, 1.165) is 24.9 Å². The molecule has 2 amide bonds. The van der Waals surface area contributed by atoms with E-state index in [1.165, 1.54) is 21.3 Å². The quantitative estimate of drug-likeness (QED) is 0.773. The van der Waals surface area contributed by atoms with Gasteiger partial charge in [-0.25, -0.2) is 0 Å². The van der Waals surface area contributed by atoms with Gasteiger partial charge in [0.15, 0.2) is 11.5 Å². The van der Waals surface area contributed by atoms with E-state index in [-0.39, 0.29) is 11.8 Å². The fourth-order valence-corrected chi connectivity index (χ4v) is 3.48. The van der Waals surface area contributed by atoms with E-state index in [1.54, 1.807) is 12.1 Å². The normalized spacial score (nSPS) is 13.8. The fraction of sp³-hybridized carbons (Fsp3) is 0.364. The van der Waals surface area contributed by atoms with Crippen molar-refractivity contribution < 1.29 is 23.8 Å². The molecule has 29 heavy (non-hydrogen) atoms. The van der Waals surface area contributed by atoms with Crippen molar-refractivity contribution in [2.75, 3.05) is 33.2 Å². The van der Waals surface area contributed by atoms with E-state index in [4.69, 9.17) is 14.2 Å². The largest absolute Gasteiger partial charge is 0.493 e. The summed E-state index contributed by atoms with van der Waals surface area (Å²) in [6.45, 7) is 1.32. The molecule has 1 aliphatic heterocycles. The molecule has 0 radical (unpaired) electrons. The van der Waals surface area contributed by atoms with Crippen molar-refractivity contribution in [3.8, 4) is 17.2 Å². The van der Waals surface area contributed by atoms with Gasteiger partial charge in [0.2, 0.25) is 11.7 Å². The van der Waals surface area contributed by atoms with Gasteiger partial charge in [-0.15, -0.1) is 0 Å². The van der Waals surface area contributed by atoms with Crippen LogP contribution in [0.1, 0.15) is 35.2 Å². The number of carbonyl (C=O) groups is 2. The van der Waals surface area contributed by atoms with Crippen molar-refractivity contribution in [3.05, 3.63) is 47.5 Å². The number of rotatable bonds is 7. The average Bonchev–Trinajstić information content (AvgIpc) is 2.74. The van der Waals surface area contributed by atoms with Gasteiger partial charge in [-0.1, -0.05) is 12.1 Å². The molecule has 0 atom stereocenters. The molecule has 1 N–H and O–H groups in total. The van der Waals surface area contributed by atoms with Crippen LogP contribution in [0, 0.1) is 0 Å². The molecule has 3 rings (SSSR count). The Kier molecular flexibility index (Phi) is 6.59. The van der Waals surface area contributed by atoms with Crippen LogP contribution in [0.4, 0.5) is 5.69 Å². The number of nitrogens with zero attached hydrogens (tertiary/aromatic N) is 1. The lowest BCUT2D eigenvalue weighted by Crippen LogP contribution is -2.34. The molecular formula is C22H26N2O5. The predicted molar refractivity (Wildman–Crippen MR) is 110 cm³/mol. The Morgan fingerprint density at radius 1 is 1.03 bits per heavy atom. The SMILES string of the molecule is COc1ccc(C(=O)Nc2cccc(CN3CCCCC3=O)c2)c(OC)c1OC. The summed E-state index contributed by atoms with van der Waals surface area (Å²) in [5, 5.41) is 2.89. The van der Waals surface area contributed by atoms with Gasteiger partial charge in [-0.2, -0.15) is 0 Å². The van der Waals surface area contributed by atoms with Gasteiger partial charge >= 0.3 is 0 Å². The molecule has 154 valence electrons. The number of amides is 2. The average molecular weight is 398 g/mol. The Morgan fingerprint density at radius 3 is 2.52 bits per heavy atom. The zero-order valence-electron chi connectivity index (χ0n) is 17.0. The van der Waals surface area contributed by atoms with Gasteiger partial charge < -0.3 is 24.4 Å². The van der Waals surface area contributed by atoms with E-state index < -0.39 is 0 Å². The topological polar surface area (TPSA) is 77.1 Å². The van der Waals surface area contributed by atoms with Crippen molar-refractivity contribution in [2.24, 2.45) is 0 Å². The van der Waals surface area contributed by atoms with Crippen LogP contribution in [0.3, 0.4) is 0 Å². The van der Waals surface area contributed by atoms with Gasteiger partial charge in [0, 0.05) is 25.2 Å². The first-order valence-electron chi connectivity index (χ1n) is 9.54. The highest BCUT2D eigenvalue weighted by Crippen LogP contribution is 2.39. The van der Waals surface area contributed by atoms with Crippen LogP contribution in [0.5, 0.6) is 17.2 Å². The molecule has 7 nitrogen and oxygen atoms in total. The third-order valence-electron chi connectivity index (χ3n) is 4.93. The van der Waals surface area contributed by atoms with Crippen LogP contribution >= 0.6 is 0 Å². The number of nitrogens with one attached hydrogen (secondary N) is 1. The van der Waals surface area contributed by atoms with Crippen molar-refractivity contribution in [1.82, 2.24) is 4.90 Å². The smallest absolute Gasteiger partial charge is 0.259 e.